The molecule has 0 atom stereocenters. The van der Waals surface area contributed by atoms with Crippen molar-refractivity contribution in [3.05, 3.63) is 78.5 Å². The fourth-order valence-corrected chi connectivity index (χ4v) is 3.07. The molecular weight excluding hydrogens is 266 g/mol. The van der Waals surface area contributed by atoms with Crippen molar-refractivity contribution in [3.8, 4) is 11.3 Å². The van der Waals surface area contributed by atoms with E-state index in [9.17, 15) is 0 Å². The summed E-state index contributed by atoms with van der Waals surface area (Å²) in [5.74, 6) is 0. The summed E-state index contributed by atoms with van der Waals surface area (Å²) in [5, 5.41) is 5.00. The quantitative estimate of drug-likeness (QED) is 0.465. The highest BCUT2D eigenvalue weighted by Crippen LogP contribution is 2.32. The number of rotatable bonds is 2. The number of pyridine rings is 1. The van der Waals surface area contributed by atoms with E-state index in [0.29, 0.717) is 0 Å². The normalized spacial score (nSPS) is 11.1. The van der Waals surface area contributed by atoms with Gasteiger partial charge in [0.05, 0.1) is 5.69 Å². The maximum absolute atomic E-state index is 4.94. The first-order chi connectivity index (χ1) is 10.9. The minimum Gasteiger partial charge on any atom is -0.252 e. The first-order valence-electron chi connectivity index (χ1n) is 7.73. The van der Waals surface area contributed by atoms with Crippen molar-refractivity contribution >= 4 is 21.5 Å². The van der Waals surface area contributed by atoms with Gasteiger partial charge in [0.15, 0.2) is 0 Å². The van der Waals surface area contributed by atoms with E-state index in [4.69, 9.17) is 4.98 Å². The molecule has 0 aliphatic rings. The van der Waals surface area contributed by atoms with Crippen LogP contribution in [0.1, 0.15) is 12.6 Å². The van der Waals surface area contributed by atoms with E-state index >= 15 is 0 Å². The number of hydrogen-bond acceptors (Lipinski definition) is 1. The van der Waals surface area contributed by atoms with E-state index < -0.39 is 0 Å². The van der Waals surface area contributed by atoms with Gasteiger partial charge in [-0.1, -0.05) is 73.7 Å². The fourth-order valence-electron chi connectivity index (χ4n) is 3.07. The molecule has 4 aromatic rings. The second kappa shape index (κ2) is 5.27. The van der Waals surface area contributed by atoms with Crippen molar-refractivity contribution < 1.29 is 0 Å². The van der Waals surface area contributed by atoms with Crippen molar-refractivity contribution in [1.82, 2.24) is 4.98 Å². The molecule has 1 heteroatoms. The summed E-state index contributed by atoms with van der Waals surface area (Å²) in [6.45, 7) is 2.16. The van der Waals surface area contributed by atoms with Crippen LogP contribution in [0.3, 0.4) is 0 Å². The highest BCUT2D eigenvalue weighted by Gasteiger charge is 2.10. The maximum atomic E-state index is 4.94. The summed E-state index contributed by atoms with van der Waals surface area (Å²) >= 11 is 0. The Morgan fingerprint density at radius 1 is 0.727 bits per heavy atom. The number of fused-ring (bicyclic) bond motifs is 2. The molecule has 0 bridgehead atoms. The molecule has 0 saturated heterocycles. The molecule has 0 aliphatic carbocycles. The highest BCUT2D eigenvalue weighted by atomic mass is 14.7. The standard InChI is InChI=1S/C21H17N/c1-2-17-14-16-9-4-6-12-19(16)21(22-17)20-13-7-10-15-8-3-5-11-18(15)20/h3-14H,2H2,1H3. The molecule has 22 heavy (non-hydrogen) atoms. The Labute approximate surface area is 130 Å². The zero-order valence-corrected chi connectivity index (χ0v) is 12.6. The first kappa shape index (κ1) is 13.0. The Kier molecular flexibility index (Phi) is 3.12. The Bertz CT molecular complexity index is 964. The third-order valence-corrected chi connectivity index (χ3v) is 4.20. The summed E-state index contributed by atoms with van der Waals surface area (Å²) in [6.07, 6.45) is 0.947. The molecule has 0 unspecified atom stereocenters. The minimum atomic E-state index is 0.947. The predicted molar refractivity (Wildman–Crippen MR) is 94.1 cm³/mol. The second-order valence-corrected chi connectivity index (χ2v) is 5.56. The molecule has 0 N–H and O–H groups in total. The number of hydrogen-bond donors (Lipinski definition) is 0. The topological polar surface area (TPSA) is 12.9 Å². The van der Waals surface area contributed by atoms with Crippen molar-refractivity contribution in [3.63, 3.8) is 0 Å². The van der Waals surface area contributed by atoms with Gasteiger partial charge in [0.2, 0.25) is 0 Å². The highest BCUT2D eigenvalue weighted by molar-refractivity contribution is 6.03. The number of aryl methyl sites for hydroxylation is 1. The largest absolute Gasteiger partial charge is 0.252 e. The van der Waals surface area contributed by atoms with Gasteiger partial charge in [0.25, 0.3) is 0 Å². The summed E-state index contributed by atoms with van der Waals surface area (Å²) in [6, 6.07) is 25.7. The van der Waals surface area contributed by atoms with E-state index in [0.717, 1.165) is 17.8 Å². The van der Waals surface area contributed by atoms with E-state index in [-0.39, 0.29) is 0 Å². The Balaban J connectivity index is 2.12. The lowest BCUT2D eigenvalue weighted by Gasteiger charge is -2.11. The van der Waals surface area contributed by atoms with Crippen LogP contribution in [0, 0.1) is 0 Å². The van der Waals surface area contributed by atoms with Gasteiger partial charge < -0.3 is 0 Å². The summed E-state index contributed by atoms with van der Waals surface area (Å²) in [7, 11) is 0. The number of aromatic nitrogens is 1. The van der Waals surface area contributed by atoms with Gasteiger partial charge in [-0.3, -0.25) is 4.98 Å². The van der Waals surface area contributed by atoms with Crippen LogP contribution >= 0.6 is 0 Å². The Morgan fingerprint density at radius 3 is 2.23 bits per heavy atom. The molecule has 1 aromatic heterocycles. The number of benzene rings is 3. The van der Waals surface area contributed by atoms with Crippen LogP contribution in [0.25, 0.3) is 32.8 Å². The third-order valence-electron chi connectivity index (χ3n) is 4.20. The van der Waals surface area contributed by atoms with Crippen LogP contribution in [0.2, 0.25) is 0 Å². The first-order valence-corrected chi connectivity index (χ1v) is 7.73. The van der Waals surface area contributed by atoms with Gasteiger partial charge in [-0.05, 0) is 28.6 Å². The molecular formula is C21H17N. The molecule has 0 radical (unpaired) electrons. The summed E-state index contributed by atoms with van der Waals surface area (Å²) < 4.78 is 0. The van der Waals surface area contributed by atoms with Crippen LogP contribution in [0.5, 0.6) is 0 Å². The molecule has 1 nitrogen and oxygen atoms in total. The average Bonchev–Trinajstić information content (AvgIpc) is 2.60. The van der Waals surface area contributed by atoms with Crippen LogP contribution < -0.4 is 0 Å². The van der Waals surface area contributed by atoms with E-state index in [1.807, 2.05) is 0 Å². The van der Waals surface area contributed by atoms with Crippen LogP contribution in [0.15, 0.2) is 72.8 Å². The molecule has 4 rings (SSSR count). The van der Waals surface area contributed by atoms with Gasteiger partial charge >= 0.3 is 0 Å². The van der Waals surface area contributed by atoms with Crippen molar-refractivity contribution in [1.29, 1.82) is 0 Å². The zero-order chi connectivity index (χ0) is 14.9. The van der Waals surface area contributed by atoms with E-state index in [1.165, 1.54) is 27.1 Å². The van der Waals surface area contributed by atoms with Crippen molar-refractivity contribution in [2.24, 2.45) is 0 Å². The molecule has 3 aromatic carbocycles. The van der Waals surface area contributed by atoms with Gasteiger partial charge in [0.1, 0.15) is 0 Å². The van der Waals surface area contributed by atoms with Gasteiger partial charge in [-0.2, -0.15) is 0 Å². The lowest BCUT2D eigenvalue weighted by molar-refractivity contribution is 1.05. The van der Waals surface area contributed by atoms with Crippen molar-refractivity contribution in [2.45, 2.75) is 13.3 Å². The minimum absolute atomic E-state index is 0.947. The molecule has 106 valence electrons. The summed E-state index contributed by atoms with van der Waals surface area (Å²) in [4.78, 5) is 4.94. The van der Waals surface area contributed by atoms with Gasteiger partial charge in [0, 0.05) is 16.6 Å². The Hall–Kier alpha value is -2.67. The van der Waals surface area contributed by atoms with Crippen LogP contribution in [-0.4, -0.2) is 4.98 Å². The van der Waals surface area contributed by atoms with Gasteiger partial charge in [-0.15, -0.1) is 0 Å². The predicted octanol–water partition coefficient (Wildman–Crippen LogP) is 5.62. The lowest BCUT2D eigenvalue weighted by atomic mass is 9.97. The maximum Gasteiger partial charge on any atom is 0.0789 e. The molecule has 0 fully saturated rings. The average molecular weight is 283 g/mol. The van der Waals surface area contributed by atoms with Gasteiger partial charge in [-0.25, -0.2) is 0 Å². The molecule has 0 aliphatic heterocycles. The van der Waals surface area contributed by atoms with E-state index in [2.05, 4.69) is 79.7 Å². The molecule has 0 saturated carbocycles. The smallest absolute Gasteiger partial charge is 0.0789 e. The monoisotopic (exact) mass is 283 g/mol. The van der Waals surface area contributed by atoms with Crippen LogP contribution in [0.4, 0.5) is 0 Å². The van der Waals surface area contributed by atoms with Crippen LogP contribution in [-0.2, 0) is 6.42 Å². The fraction of sp³-hybridized carbons (Fsp3) is 0.0952. The van der Waals surface area contributed by atoms with Crippen molar-refractivity contribution in [2.75, 3.05) is 0 Å². The molecule has 0 spiro atoms. The lowest BCUT2D eigenvalue weighted by Crippen LogP contribution is -1.93. The number of nitrogens with zero attached hydrogens (tertiary/aromatic N) is 1. The molecule has 0 amide bonds. The Morgan fingerprint density at radius 2 is 1.41 bits per heavy atom. The second-order valence-electron chi connectivity index (χ2n) is 5.56. The molecule has 1 heterocycles. The summed E-state index contributed by atoms with van der Waals surface area (Å²) in [5.41, 5.74) is 3.44. The van der Waals surface area contributed by atoms with E-state index in [1.54, 1.807) is 0 Å². The zero-order valence-electron chi connectivity index (χ0n) is 12.6. The third kappa shape index (κ3) is 2.06. The SMILES string of the molecule is CCc1cc2ccccc2c(-c2cccc3ccccc23)n1.